The highest BCUT2D eigenvalue weighted by molar-refractivity contribution is 9.10. The van der Waals surface area contributed by atoms with Gasteiger partial charge in [0.15, 0.2) is 0 Å². The Bertz CT molecular complexity index is 721. The molecule has 0 aromatic carbocycles. The Balaban J connectivity index is 2.31. The predicted molar refractivity (Wildman–Crippen MR) is 75.9 cm³/mol. The van der Waals surface area contributed by atoms with E-state index in [4.69, 9.17) is 4.74 Å². The third-order valence-electron chi connectivity index (χ3n) is 2.63. The molecule has 22 heavy (non-hydrogen) atoms. The van der Waals surface area contributed by atoms with E-state index in [1.54, 1.807) is 0 Å². The number of nitrogens with one attached hydrogen (secondary N) is 1. The third-order valence-corrected chi connectivity index (χ3v) is 3.18. The van der Waals surface area contributed by atoms with Gasteiger partial charge in [-0.1, -0.05) is 0 Å². The van der Waals surface area contributed by atoms with Gasteiger partial charge in [-0.2, -0.15) is 23.5 Å². The molecule has 2 aromatic heterocycles. The number of halogens is 3. The molecule has 0 radical (unpaired) electrons. The number of nitrogens with two attached hydrogens (primary N) is 1. The summed E-state index contributed by atoms with van der Waals surface area (Å²) in [5.41, 5.74) is 5.07. The van der Waals surface area contributed by atoms with Crippen molar-refractivity contribution in [2.24, 2.45) is 5.73 Å². The fraction of sp³-hybridized carbons (Fsp3) is 0.273. The number of hydrogen-bond donors (Lipinski definition) is 2. The van der Waals surface area contributed by atoms with E-state index < -0.39 is 12.0 Å². The van der Waals surface area contributed by atoms with E-state index >= 15 is 0 Å². The number of anilines is 2. The standard InChI is InChI=1S/C11H11BrF2N6O2/c1-5-7(4-20(19-5)11(13,14)9(15)21)17-10-16-3-6(12)8(18-10)22-2/h3-4H,1-2H3,(H2,15,21)(H,16,17,18). The number of primary amides is 1. The number of rotatable bonds is 5. The Labute approximate surface area is 131 Å². The molecule has 0 bridgehead atoms. The highest BCUT2D eigenvalue weighted by Crippen LogP contribution is 2.27. The molecule has 0 atom stereocenters. The normalized spacial score (nSPS) is 11.3. The molecular weight excluding hydrogens is 366 g/mol. The molecule has 0 aliphatic carbocycles. The number of methoxy groups -OCH3 is 1. The van der Waals surface area contributed by atoms with Crippen LogP contribution in [0.3, 0.4) is 0 Å². The quantitative estimate of drug-likeness (QED) is 0.818. The first-order valence-corrected chi connectivity index (χ1v) is 6.63. The van der Waals surface area contributed by atoms with Crippen molar-refractivity contribution in [1.29, 1.82) is 0 Å². The average Bonchev–Trinajstić information content (AvgIpc) is 2.82. The van der Waals surface area contributed by atoms with Crippen molar-refractivity contribution in [2.75, 3.05) is 12.4 Å². The van der Waals surface area contributed by atoms with Crippen LogP contribution in [0.5, 0.6) is 5.88 Å². The minimum Gasteiger partial charge on any atom is -0.480 e. The summed E-state index contributed by atoms with van der Waals surface area (Å²) in [6, 6.07) is -3.93. The second-order valence-electron chi connectivity index (χ2n) is 4.15. The van der Waals surface area contributed by atoms with Crippen molar-refractivity contribution in [3.63, 3.8) is 0 Å². The maximum Gasteiger partial charge on any atom is 0.422 e. The Morgan fingerprint density at radius 1 is 1.55 bits per heavy atom. The lowest BCUT2D eigenvalue weighted by molar-refractivity contribution is -0.159. The summed E-state index contributed by atoms with van der Waals surface area (Å²) in [6.45, 7) is 1.48. The lowest BCUT2D eigenvalue weighted by atomic mass is 10.4. The first-order valence-electron chi connectivity index (χ1n) is 5.83. The molecule has 11 heteroatoms. The summed E-state index contributed by atoms with van der Waals surface area (Å²) in [6.07, 6.45) is 2.38. The highest BCUT2D eigenvalue weighted by Gasteiger charge is 2.40. The largest absolute Gasteiger partial charge is 0.480 e. The van der Waals surface area contributed by atoms with Gasteiger partial charge >= 0.3 is 12.0 Å². The fourth-order valence-electron chi connectivity index (χ4n) is 1.51. The van der Waals surface area contributed by atoms with Crippen LogP contribution in [0.2, 0.25) is 0 Å². The first-order chi connectivity index (χ1) is 10.3. The van der Waals surface area contributed by atoms with Gasteiger partial charge in [-0.3, -0.25) is 4.79 Å². The molecule has 2 heterocycles. The van der Waals surface area contributed by atoms with Gasteiger partial charge < -0.3 is 15.8 Å². The van der Waals surface area contributed by atoms with Crippen molar-refractivity contribution in [1.82, 2.24) is 19.7 Å². The van der Waals surface area contributed by atoms with Crippen molar-refractivity contribution in [3.05, 3.63) is 22.6 Å². The van der Waals surface area contributed by atoms with Gasteiger partial charge in [0.1, 0.15) is 0 Å². The van der Waals surface area contributed by atoms with Crippen molar-refractivity contribution in [2.45, 2.75) is 13.0 Å². The molecule has 0 aliphatic heterocycles. The minimum atomic E-state index is -3.93. The Hall–Kier alpha value is -2.30. The summed E-state index contributed by atoms with van der Waals surface area (Å²) >= 11 is 3.19. The Morgan fingerprint density at radius 2 is 2.23 bits per heavy atom. The number of alkyl halides is 2. The number of carbonyl (C=O) groups is 1. The van der Waals surface area contributed by atoms with Crippen LogP contribution in [0.1, 0.15) is 5.69 Å². The van der Waals surface area contributed by atoms with E-state index in [0.29, 0.717) is 4.47 Å². The maximum absolute atomic E-state index is 13.5. The number of aryl methyl sites for hydroxylation is 1. The third kappa shape index (κ3) is 2.98. The SMILES string of the molecule is COc1nc(Nc2cn(C(F)(F)C(N)=O)nc2C)ncc1Br. The van der Waals surface area contributed by atoms with Crippen LogP contribution in [-0.2, 0) is 10.8 Å². The topological polar surface area (TPSA) is 108 Å². The second kappa shape index (κ2) is 5.83. The number of ether oxygens (including phenoxy) is 1. The number of nitrogens with zero attached hydrogens (tertiary/aromatic N) is 4. The van der Waals surface area contributed by atoms with E-state index in [-0.39, 0.29) is 27.9 Å². The number of aromatic nitrogens is 4. The molecule has 0 unspecified atom stereocenters. The van der Waals surface area contributed by atoms with Crippen molar-refractivity contribution < 1.29 is 18.3 Å². The Morgan fingerprint density at radius 3 is 2.82 bits per heavy atom. The Kier molecular flexibility index (Phi) is 4.26. The molecule has 0 fully saturated rings. The number of carbonyl (C=O) groups excluding carboxylic acids is 1. The minimum absolute atomic E-state index is 0.116. The summed E-state index contributed by atoms with van der Waals surface area (Å²) in [5.74, 6) is -1.42. The molecule has 0 saturated carbocycles. The van der Waals surface area contributed by atoms with Crippen LogP contribution in [0, 0.1) is 6.92 Å². The van der Waals surface area contributed by atoms with Crippen LogP contribution in [-0.4, -0.2) is 32.8 Å². The van der Waals surface area contributed by atoms with Crippen molar-refractivity contribution >= 4 is 33.5 Å². The van der Waals surface area contributed by atoms with E-state index in [0.717, 1.165) is 6.20 Å². The maximum atomic E-state index is 13.5. The zero-order valence-electron chi connectivity index (χ0n) is 11.5. The monoisotopic (exact) mass is 376 g/mol. The van der Waals surface area contributed by atoms with Gasteiger partial charge in [-0.25, -0.2) is 4.98 Å². The van der Waals surface area contributed by atoms with Gasteiger partial charge in [0.05, 0.1) is 35.4 Å². The number of amides is 1. The van der Waals surface area contributed by atoms with Gasteiger partial charge in [0, 0.05) is 0 Å². The molecular formula is C11H11BrF2N6O2. The average molecular weight is 377 g/mol. The molecule has 0 saturated heterocycles. The van der Waals surface area contributed by atoms with E-state index in [1.807, 2.05) is 0 Å². The first kappa shape index (κ1) is 16.1. The molecule has 2 rings (SSSR count). The van der Waals surface area contributed by atoms with E-state index in [1.165, 1.54) is 20.2 Å². The van der Waals surface area contributed by atoms with Gasteiger partial charge in [0.25, 0.3) is 0 Å². The van der Waals surface area contributed by atoms with Crippen molar-refractivity contribution in [3.8, 4) is 5.88 Å². The fourth-order valence-corrected chi connectivity index (χ4v) is 1.87. The van der Waals surface area contributed by atoms with Gasteiger partial charge in [-0.05, 0) is 22.9 Å². The van der Waals surface area contributed by atoms with Crippen LogP contribution in [0.4, 0.5) is 20.4 Å². The second-order valence-corrected chi connectivity index (χ2v) is 5.01. The van der Waals surface area contributed by atoms with Crippen LogP contribution < -0.4 is 15.8 Å². The molecule has 2 aromatic rings. The predicted octanol–water partition coefficient (Wildman–Crippen LogP) is 1.53. The molecule has 1 amide bonds. The zero-order chi connectivity index (χ0) is 16.5. The number of hydrogen-bond acceptors (Lipinski definition) is 6. The molecule has 8 nitrogen and oxygen atoms in total. The van der Waals surface area contributed by atoms with Crippen LogP contribution in [0.25, 0.3) is 0 Å². The lowest BCUT2D eigenvalue weighted by Gasteiger charge is -2.11. The van der Waals surface area contributed by atoms with Crippen LogP contribution >= 0.6 is 15.9 Å². The molecule has 118 valence electrons. The van der Waals surface area contributed by atoms with Gasteiger partial charge in [0.2, 0.25) is 11.8 Å². The van der Waals surface area contributed by atoms with Gasteiger partial charge in [-0.15, -0.1) is 0 Å². The molecule has 0 spiro atoms. The van der Waals surface area contributed by atoms with E-state index in [2.05, 4.69) is 42.0 Å². The summed E-state index contributed by atoms with van der Waals surface area (Å²) in [5, 5.41) is 6.28. The molecule has 3 N–H and O–H groups in total. The summed E-state index contributed by atoms with van der Waals surface area (Å²) < 4.78 is 32.8. The zero-order valence-corrected chi connectivity index (χ0v) is 13.1. The van der Waals surface area contributed by atoms with E-state index in [9.17, 15) is 13.6 Å². The van der Waals surface area contributed by atoms with Crippen LogP contribution in [0.15, 0.2) is 16.9 Å². The summed E-state index contributed by atoms with van der Waals surface area (Å²) in [7, 11) is 1.42. The highest BCUT2D eigenvalue weighted by atomic mass is 79.9. The molecule has 0 aliphatic rings. The lowest BCUT2D eigenvalue weighted by Crippen LogP contribution is -2.38. The smallest absolute Gasteiger partial charge is 0.422 e. The summed E-state index contributed by atoms with van der Waals surface area (Å²) in [4.78, 5) is 18.8.